The summed E-state index contributed by atoms with van der Waals surface area (Å²) in [6.07, 6.45) is 0. The number of hydrogen-bond acceptors (Lipinski definition) is 6. The third-order valence-electron chi connectivity index (χ3n) is 5.07. The van der Waals surface area contributed by atoms with E-state index >= 15 is 0 Å². The van der Waals surface area contributed by atoms with Gasteiger partial charge in [-0.05, 0) is 72.8 Å². The Morgan fingerprint density at radius 2 is 1.82 bits per heavy atom. The van der Waals surface area contributed by atoms with Gasteiger partial charge in [-0.3, -0.25) is 9.10 Å². The maximum Gasteiger partial charge on any atom is 0.264 e. The van der Waals surface area contributed by atoms with Gasteiger partial charge in [-0.2, -0.15) is 4.68 Å². The number of halogens is 1. The first-order chi connectivity index (χ1) is 16.3. The maximum atomic E-state index is 14.3. The number of nitrogens with zero attached hydrogens (tertiary/aromatic N) is 5. The third-order valence-corrected chi connectivity index (χ3v) is 6.97. The van der Waals surface area contributed by atoms with Crippen LogP contribution in [0.3, 0.4) is 0 Å². The molecular weight excluding hydrogens is 459 g/mol. The number of anilines is 2. The number of sulfonamides is 1. The zero-order valence-electron chi connectivity index (χ0n) is 18.4. The second-order valence-electron chi connectivity index (χ2n) is 7.29. The summed E-state index contributed by atoms with van der Waals surface area (Å²) in [6, 6.07) is 18.5. The lowest BCUT2D eigenvalue weighted by Crippen LogP contribution is -2.30. The average molecular weight is 481 g/mol. The van der Waals surface area contributed by atoms with Gasteiger partial charge in [0, 0.05) is 17.8 Å². The van der Waals surface area contributed by atoms with Gasteiger partial charge in [0.15, 0.2) is 5.82 Å². The van der Waals surface area contributed by atoms with Crippen molar-refractivity contribution in [2.75, 3.05) is 16.2 Å². The second-order valence-corrected chi connectivity index (χ2v) is 9.15. The number of rotatable bonds is 7. The number of carbonyl (C=O) groups is 1. The maximum absolute atomic E-state index is 14.3. The van der Waals surface area contributed by atoms with E-state index in [4.69, 9.17) is 0 Å². The van der Waals surface area contributed by atoms with Crippen LogP contribution in [0.2, 0.25) is 0 Å². The molecule has 1 aromatic heterocycles. The molecule has 0 aliphatic carbocycles. The first-order valence-electron chi connectivity index (χ1n) is 10.4. The predicted molar refractivity (Wildman–Crippen MR) is 125 cm³/mol. The first-order valence-corrected chi connectivity index (χ1v) is 11.8. The lowest BCUT2D eigenvalue weighted by Gasteiger charge is -2.23. The highest BCUT2D eigenvalue weighted by Crippen LogP contribution is 2.25. The normalized spacial score (nSPS) is 11.3. The Labute approximate surface area is 195 Å². The minimum atomic E-state index is -3.90. The van der Waals surface area contributed by atoms with Crippen LogP contribution in [-0.4, -0.2) is 41.1 Å². The Hall–Kier alpha value is -4.12. The second kappa shape index (κ2) is 9.40. The molecule has 1 heterocycles. The Bertz CT molecular complexity index is 1440. The SMILES string of the molecule is CCN(c1ccccc1)S(=O)(=O)c1cccc(C(=O)Nc2ccc(F)c(-n3nnnc3C)c2)c1. The highest BCUT2D eigenvalue weighted by molar-refractivity contribution is 7.92. The first kappa shape index (κ1) is 23.1. The Balaban J connectivity index is 1.61. The summed E-state index contributed by atoms with van der Waals surface area (Å²) in [5.74, 6) is -0.743. The van der Waals surface area contributed by atoms with Gasteiger partial charge in [0.25, 0.3) is 15.9 Å². The molecule has 4 aromatic rings. The predicted octanol–water partition coefficient (Wildman–Crippen LogP) is 3.58. The molecule has 11 heteroatoms. The summed E-state index contributed by atoms with van der Waals surface area (Å²) in [4.78, 5) is 12.9. The number of para-hydroxylation sites is 1. The van der Waals surface area contributed by atoms with Gasteiger partial charge in [-0.15, -0.1) is 5.10 Å². The van der Waals surface area contributed by atoms with Crippen molar-refractivity contribution in [1.29, 1.82) is 0 Å². The van der Waals surface area contributed by atoms with E-state index in [0.29, 0.717) is 17.2 Å². The van der Waals surface area contributed by atoms with Gasteiger partial charge >= 0.3 is 0 Å². The van der Waals surface area contributed by atoms with Crippen molar-refractivity contribution in [2.24, 2.45) is 0 Å². The molecular formula is C23H21FN6O3S. The zero-order chi connectivity index (χ0) is 24.3. The van der Waals surface area contributed by atoms with Gasteiger partial charge in [0.1, 0.15) is 11.5 Å². The summed E-state index contributed by atoms with van der Waals surface area (Å²) < 4.78 is 43.3. The fourth-order valence-electron chi connectivity index (χ4n) is 3.42. The van der Waals surface area contributed by atoms with E-state index < -0.39 is 21.7 Å². The third kappa shape index (κ3) is 4.50. The molecule has 0 spiro atoms. The van der Waals surface area contributed by atoms with Crippen molar-refractivity contribution in [3.05, 3.63) is 90.0 Å². The fraction of sp³-hybridized carbons (Fsp3) is 0.130. The van der Waals surface area contributed by atoms with Crippen molar-refractivity contribution in [2.45, 2.75) is 18.7 Å². The molecule has 3 aromatic carbocycles. The molecule has 1 N–H and O–H groups in total. The largest absolute Gasteiger partial charge is 0.322 e. The van der Waals surface area contributed by atoms with Crippen LogP contribution >= 0.6 is 0 Å². The number of carbonyl (C=O) groups excluding carboxylic acids is 1. The van der Waals surface area contributed by atoms with Crippen LogP contribution in [-0.2, 0) is 10.0 Å². The van der Waals surface area contributed by atoms with E-state index in [-0.39, 0.29) is 22.7 Å². The lowest BCUT2D eigenvalue weighted by molar-refractivity contribution is 0.102. The highest BCUT2D eigenvalue weighted by Gasteiger charge is 2.24. The van der Waals surface area contributed by atoms with Crippen LogP contribution in [0.4, 0.5) is 15.8 Å². The quantitative estimate of drug-likeness (QED) is 0.433. The van der Waals surface area contributed by atoms with Crippen molar-refractivity contribution < 1.29 is 17.6 Å². The van der Waals surface area contributed by atoms with Crippen LogP contribution in [0.5, 0.6) is 0 Å². The molecule has 0 aliphatic heterocycles. The summed E-state index contributed by atoms with van der Waals surface area (Å²) in [6.45, 7) is 3.57. The van der Waals surface area contributed by atoms with E-state index in [1.54, 1.807) is 44.2 Å². The molecule has 0 radical (unpaired) electrons. The number of amides is 1. The summed E-state index contributed by atoms with van der Waals surface area (Å²) in [7, 11) is -3.90. The van der Waals surface area contributed by atoms with E-state index in [9.17, 15) is 17.6 Å². The zero-order valence-corrected chi connectivity index (χ0v) is 19.2. The minimum Gasteiger partial charge on any atom is -0.322 e. The van der Waals surface area contributed by atoms with Gasteiger partial charge < -0.3 is 5.32 Å². The van der Waals surface area contributed by atoms with Crippen molar-refractivity contribution in [1.82, 2.24) is 20.2 Å². The minimum absolute atomic E-state index is 0.0186. The smallest absolute Gasteiger partial charge is 0.264 e. The fourth-order valence-corrected chi connectivity index (χ4v) is 4.94. The van der Waals surface area contributed by atoms with Gasteiger partial charge in [-0.25, -0.2) is 12.8 Å². The van der Waals surface area contributed by atoms with Gasteiger partial charge in [-0.1, -0.05) is 24.3 Å². The van der Waals surface area contributed by atoms with Crippen LogP contribution in [0.25, 0.3) is 5.69 Å². The van der Waals surface area contributed by atoms with Crippen molar-refractivity contribution in [3.8, 4) is 5.69 Å². The summed E-state index contributed by atoms with van der Waals surface area (Å²) in [5.41, 5.74) is 1.02. The van der Waals surface area contributed by atoms with E-state index in [1.165, 1.54) is 51.5 Å². The van der Waals surface area contributed by atoms with Crippen LogP contribution in [0.15, 0.2) is 77.7 Å². The number of benzene rings is 3. The molecule has 4 rings (SSSR count). The number of aryl methyl sites for hydroxylation is 1. The molecule has 0 saturated carbocycles. The summed E-state index contributed by atoms with van der Waals surface area (Å²) >= 11 is 0. The van der Waals surface area contributed by atoms with Crippen molar-refractivity contribution in [3.63, 3.8) is 0 Å². The van der Waals surface area contributed by atoms with Crippen LogP contribution in [0, 0.1) is 12.7 Å². The standard InChI is InChI=1S/C23H21FN6O3S/c1-3-29(19-9-5-4-6-10-19)34(32,33)20-11-7-8-17(14-20)23(31)25-18-12-13-21(24)22(15-18)30-16(2)26-27-28-30/h4-15H,3H2,1-2H3,(H,25,31). The molecule has 0 unspecified atom stereocenters. The molecule has 9 nitrogen and oxygen atoms in total. The molecule has 1 amide bonds. The van der Waals surface area contributed by atoms with E-state index in [0.717, 1.165) is 0 Å². The Kier molecular flexibility index (Phi) is 6.37. The number of tetrazole rings is 1. The molecule has 0 atom stereocenters. The number of nitrogens with one attached hydrogen (secondary N) is 1. The van der Waals surface area contributed by atoms with Crippen molar-refractivity contribution >= 4 is 27.3 Å². The van der Waals surface area contributed by atoms with Gasteiger partial charge in [0.2, 0.25) is 0 Å². The monoisotopic (exact) mass is 480 g/mol. The van der Waals surface area contributed by atoms with E-state index in [1.807, 2.05) is 0 Å². The molecule has 0 fully saturated rings. The lowest BCUT2D eigenvalue weighted by atomic mass is 10.2. The van der Waals surface area contributed by atoms with E-state index in [2.05, 4.69) is 20.8 Å². The van der Waals surface area contributed by atoms with Crippen LogP contribution in [0.1, 0.15) is 23.1 Å². The molecule has 34 heavy (non-hydrogen) atoms. The molecule has 174 valence electrons. The molecule has 0 saturated heterocycles. The Morgan fingerprint density at radius 3 is 2.50 bits per heavy atom. The average Bonchev–Trinajstić information content (AvgIpc) is 3.27. The van der Waals surface area contributed by atoms with Crippen LogP contribution < -0.4 is 9.62 Å². The summed E-state index contributed by atoms with van der Waals surface area (Å²) in [5, 5.41) is 13.6. The Morgan fingerprint density at radius 1 is 1.06 bits per heavy atom. The molecule has 0 bridgehead atoms. The highest BCUT2D eigenvalue weighted by atomic mass is 32.2. The molecule has 0 aliphatic rings. The number of aromatic nitrogens is 4. The topological polar surface area (TPSA) is 110 Å². The number of hydrogen-bond donors (Lipinski definition) is 1. The van der Waals surface area contributed by atoms with Gasteiger partial charge in [0.05, 0.1) is 10.6 Å².